The Hall–Kier alpha value is -2.01. The Morgan fingerprint density at radius 3 is 2.45 bits per heavy atom. The molecule has 4 rings (SSSR count). The van der Waals surface area contributed by atoms with Gasteiger partial charge in [0.05, 0.1) is 23.6 Å². The molecule has 1 amide bonds. The maximum atomic E-state index is 13.7. The lowest BCUT2D eigenvalue weighted by Crippen LogP contribution is -2.56. The molecule has 10 heteroatoms. The van der Waals surface area contributed by atoms with Gasteiger partial charge < -0.3 is 21.1 Å². The molecule has 8 nitrogen and oxygen atoms in total. The lowest BCUT2D eigenvalue weighted by molar-refractivity contribution is 0.0746. The number of aliphatic hydroxyl groups excluding tert-OH is 1. The number of hydrogen-bond donors (Lipinski definition) is 6. The van der Waals surface area contributed by atoms with E-state index in [0.717, 1.165) is 49.8 Å². The van der Waals surface area contributed by atoms with E-state index in [-0.39, 0.29) is 23.9 Å². The predicted molar refractivity (Wildman–Crippen MR) is 169 cm³/mol. The first-order chi connectivity index (χ1) is 18.7. The van der Waals surface area contributed by atoms with Crippen LogP contribution in [0.2, 0.25) is 0 Å². The van der Waals surface area contributed by atoms with E-state index in [2.05, 4.69) is 22.9 Å². The fraction of sp³-hybridized carbons (Fsp3) is 0.567. The van der Waals surface area contributed by atoms with E-state index in [9.17, 15) is 19.0 Å². The van der Waals surface area contributed by atoms with Gasteiger partial charge in [-0.2, -0.15) is 0 Å². The highest BCUT2D eigenvalue weighted by molar-refractivity contribution is 8.25. The molecule has 224 valence electrons. The molecule has 40 heavy (non-hydrogen) atoms. The van der Waals surface area contributed by atoms with E-state index < -0.39 is 22.9 Å². The van der Waals surface area contributed by atoms with Crippen molar-refractivity contribution in [1.82, 2.24) is 10.6 Å². The third kappa shape index (κ3) is 8.27. The van der Waals surface area contributed by atoms with Crippen LogP contribution in [-0.4, -0.2) is 63.2 Å². The molecular formula is C30H47ClN4O4S. The van der Waals surface area contributed by atoms with Crippen molar-refractivity contribution in [2.24, 2.45) is 0 Å². The van der Waals surface area contributed by atoms with Crippen LogP contribution in [0.3, 0.4) is 0 Å². The molecule has 0 aromatic heterocycles. The molecule has 1 aliphatic carbocycles. The summed E-state index contributed by atoms with van der Waals surface area (Å²) in [5, 5.41) is 21.3. The number of aliphatic hydroxyl groups is 1. The van der Waals surface area contributed by atoms with E-state index in [1.54, 1.807) is 16.4 Å². The van der Waals surface area contributed by atoms with Crippen molar-refractivity contribution in [3.8, 4) is 0 Å². The van der Waals surface area contributed by atoms with Crippen LogP contribution in [0, 0.1) is 0 Å². The largest absolute Gasteiger partial charge is 0.390 e. The van der Waals surface area contributed by atoms with Gasteiger partial charge in [0.2, 0.25) is 0 Å². The molecule has 2 aliphatic rings. The van der Waals surface area contributed by atoms with Crippen molar-refractivity contribution >= 4 is 40.5 Å². The predicted octanol–water partition coefficient (Wildman–Crippen LogP) is 5.82. The van der Waals surface area contributed by atoms with Crippen molar-refractivity contribution in [2.75, 3.05) is 35.0 Å². The number of carbonyl (C=O) groups is 1. The minimum Gasteiger partial charge on any atom is -0.390 e. The number of nitrogens with one attached hydrogen (secondary N) is 3. The van der Waals surface area contributed by atoms with E-state index in [1.807, 2.05) is 43.3 Å². The summed E-state index contributed by atoms with van der Waals surface area (Å²) in [4.78, 5) is 13.7. The smallest absolute Gasteiger partial charge is 0.251 e. The zero-order valence-corrected chi connectivity index (χ0v) is 25.4. The van der Waals surface area contributed by atoms with Gasteiger partial charge in [-0.25, -0.2) is 0 Å². The molecule has 1 aliphatic heterocycles. The van der Waals surface area contributed by atoms with E-state index in [1.165, 1.54) is 6.42 Å². The third-order valence-corrected chi connectivity index (χ3v) is 9.97. The van der Waals surface area contributed by atoms with Gasteiger partial charge in [-0.1, -0.05) is 43.7 Å². The summed E-state index contributed by atoms with van der Waals surface area (Å²) in [7, 11) is -2.93. The molecule has 1 saturated carbocycles. The molecule has 0 radical (unpaired) electrons. The van der Waals surface area contributed by atoms with E-state index in [0.29, 0.717) is 43.1 Å². The molecule has 2 aromatic rings. The highest BCUT2D eigenvalue weighted by Gasteiger charge is 2.36. The molecule has 1 heterocycles. The molecule has 1 saturated heterocycles. The van der Waals surface area contributed by atoms with Gasteiger partial charge in [-0.3, -0.25) is 18.2 Å². The zero-order chi connectivity index (χ0) is 27.9. The maximum Gasteiger partial charge on any atom is 0.251 e. The van der Waals surface area contributed by atoms with Crippen LogP contribution in [-0.2, 0) is 6.42 Å². The van der Waals surface area contributed by atoms with Gasteiger partial charge in [-0.15, -0.1) is 23.2 Å². The maximum absolute atomic E-state index is 13.7. The van der Waals surface area contributed by atoms with Gasteiger partial charge in [0.1, 0.15) is 0 Å². The van der Waals surface area contributed by atoms with Gasteiger partial charge in [0.25, 0.3) is 5.91 Å². The summed E-state index contributed by atoms with van der Waals surface area (Å²) < 4.78 is 23.1. The summed E-state index contributed by atoms with van der Waals surface area (Å²) in [6.45, 7) is 5.78. The number of amides is 1. The van der Waals surface area contributed by atoms with Crippen molar-refractivity contribution in [2.45, 2.75) is 82.9 Å². The highest BCUT2D eigenvalue weighted by Crippen LogP contribution is 2.50. The Morgan fingerprint density at radius 2 is 1.82 bits per heavy atom. The normalized spacial score (nSPS) is 19.9. The topological polar surface area (TPSA) is 117 Å². The summed E-state index contributed by atoms with van der Waals surface area (Å²) >= 11 is 0. The minimum absolute atomic E-state index is 0. The standard InChI is InChI=1S/C30H46N4O4S.ClH/c1-3-13-30(14-10-15-30)32-22-28(35)27(18-23-11-6-5-7-12-23)33-29(36)24-19-25(31-4-2)21-26(20-24)34-16-8-9-17-39(34,37)38;/h5-7,11-12,19-21,27-28,31-32,35,37-38H,3-4,8-10,13-18,22H2,1-2H3,(H,33,36);1H/t27-,28-;/m0./s1. The molecule has 2 atom stereocenters. The average Bonchev–Trinajstić information content (AvgIpc) is 2.90. The second kappa shape index (κ2) is 14.8. The summed E-state index contributed by atoms with van der Waals surface area (Å²) in [6, 6.07) is 14.8. The molecule has 0 spiro atoms. The molecule has 6 N–H and O–H groups in total. The summed E-state index contributed by atoms with van der Waals surface area (Å²) in [6.07, 6.45) is 7.01. The lowest BCUT2D eigenvalue weighted by Gasteiger charge is -2.47. The number of β-amino-alcohol motifs (C(OH)–C–C–N with tert-alkyl or cyclic N) is 1. The molecule has 0 unspecified atom stereocenters. The van der Waals surface area contributed by atoms with Crippen LogP contribution in [0.1, 0.15) is 74.7 Å². The number of anilines is 2. The van der Waals surface area contributed by atoms with E-state index >= 15 is 0 Å². The molecule has 0 bridgehead atoms. The number of rotatable bonds is 13. The first-order valence-electron chi connectivity index (χ1n) is 14.5. The lowest BCUT2D eigenvalue weighted by atomic mass is 9.73. The quantitative estimate of drug-likeness (QED) is 0.173. The fourth-order valence-corrected chi connectivity index (χ4v) is 7.44. The SMILES string of the molecule is CCCC1(NC[C@H](O)[C@H](Cc2ccccc2)NC(=O)c2cc(NCC)cc(N3CCCCS3(O)O)c2)CCC1.Cl. The van der Waals surface area contributed by atoms with Gasteiger partial charge in [-0.05, 0) is 75.6 Å². The highest BCUT2D eigenvalue weighted by atomic mass is 35.5. The second-order valence-electron chi connectivity index (χ2n) is 11.0. The van der Waals surface area contributed by atoms with Crippen LogP contribution in [0.5, 0.6) is 0 Å². The van der Waals surface area contributed by atoms with Gasteiger partial charge >= 0.3 is 0 Å². The molecule has 2 fully saturated rings. The summed E-state index contributed by atoms with van der Waals surface area (Å²) in [5.74, 6) is 0.0362. The van der Waals surface area contributed by atoms with Gasteiger partial charge in [0.15, 0.2) is 0 Å². The monoisotopic (exact) mass is 594 g/mol. The van der Waals surface area contributed by atoms with Crippen LogP contribution in [0.15, 0.2) is 48.5 Å². The third-order valence-electron chi connectivity index (χ3n) is 8.04. The average molecular weight is 595 g/mol. The Bertz CT molecular complexity index is 1090. The van der Waals surface area contributed by atoms with Crippen molar-refractivity contribution in [3.05, 3.63) is 59.7 Å². The van der Waals surface area contributed by atoms with E-state index in [4.69, 9.17) is 0 Å². The zero-order valence-electron chi connectivity index (χ0n) is 23.8. The van der Waals surface area contributed by atoms with Crippen molar-refractivity contribution in [3.63, 3.8) is 0 Å². The Labute approximate surface area is 247 Å². The second-order valence-corrected chi connectivity index (χ2v) is 13.2. The van der Waals surface area contributed by atoms with Crippen LogP contribution in [0.4, 0.5) is 11.4 Å². The Balaban J connectivity index is 0.00000441. The number of halogens is 1. The van der Waals surface area contributed by atoms with Crippen LogP contribution < -0.4 is 20.3 Å². The molecular weight excluding hydrogens is 548 g/mol. The Morgan fingerprint density at radius 1 is 1.07 bits per heavy atom. The van der Waals surface area contributed by atoms with Crippen molar-refractivity contribution < 1.29 is 19.0 Å². The van der Waals surface area contributed by atoms with Gasteiger partial charge in [0, 0.05) is 36.4 Å². The number of hydrogen-bond acceptors (Lipinski definition) is 7. The number of nitrogens with zero attached hydrogens (tertiary/aromatic N) is 1. The summed E-state index contributed by atoms with van der Waals surface area (Å²) in [5.41, 5.74) is 2.92. The first kappa shape index (κ1) is 32.5. The minimum atomic E-state index is -2.93. The first-order valence-corrected chi connectivity index (χ1v) is 16.1. The van der Waals surface area contributed by atoms with Crippen LogP contribution in [0.25, 0.3) is 0 Å². The number of carbonyl (C=O) groups excluding carboxylic acids is 1. The molecule has 2 aromatic carbocycles. The van der Waals surface area contributed by atoms with Crippen LogP contribution >= 0.6 is 23.2 Å². The number of benzene rings is 2. The Kier molecular flexibility index (Phi) is 12.0. The van der Waals surface area contributed by atoms with Crippen molar-refractivity contribution in [1.29, 1.82) is 0 Å². The fourth-order valence-electron chi connectivity index (χ4n) is 5.76.